The molecule has 0 aromatic rings. The molecule has 0 bridgehead atoms. The third-order valence-electron chi connectivity index (χ3n) is 4.18. The van der Waals surface area contributed by atoms with Crippen molar-refractivity contribution in [2.24, 2.45) is 17.8 Å². The van der Waals surface area contributed by atoms with E-state index in [1.54, 1.807) is 6.08 Å². The molecule has 126 valence electrons. The maximum absolute atomic E-state index is 12.0. The van der Waals surface area contributed by atoms with Gasteiger partial charge in [0.25, 0.3) is 0 Å². The van der Waals surface area contributed by atoms with Crippen molar-refractivity contribution in [3.63, 3.8) is 0 Å². The molecule has 1 aliphatic carbocycles. The minimum atomic E-state index is -0.906. The number of aliphatic carboxylic acids is 1. The summed E-state index contributed by atoms with van der Waals surface area (Å²) < 4.78 is 5.25. The first-order valence-electron chi connectivity index (χ1n) is 8.58. The minimum absolute atomic E-state index is 0.386. The standard InChI is InChI=1S/C18H30O4/c1-14(2)10-6-4-3-5-9-13-22-18(21)16-12-8-7-11-15(16)17(19)20/h8,12,14-16H,3-7,9-11,13H2,1-2H3,(H,19,20). The largest absolute Gasteiger partial charge is 0.481 e. The number of rotatable bonds is 10. The van der Waals surface area contributed by atoms with Crippen LogP contribution in [0.2, 0.25) is 0 Å². The maximum Gasteiger partial charge on any atom is 0.313 e. The number of allylic oxidation sites excluding steroid dienone is 1. The van der Waals surface area contributed by atoms with Gasteiger partial charge in [-0.1, -0.05) is 58.1 Å². The molecule has 4 heteroatoms. The summed E-state index contributed by atoms with van der Waals surface area (Å²) in [6, 6.07) is 0. The quantitative estimate of drug-likeness (QED) is 0.373. The summed E-state index contributed by atoms with van der Waals surface area (Å²) in [4.78, 5) is 23.1. The highest BCUT2D eigenvalue weighted by Gasteiger charge is 2.34. The van der Waals surface area contributed by atoms with E-state index in [9.17, 15) is 9.59 Å². The summed E-state index contributed by atoms with van der Waals surface area (Å²) in [5.74, 6) is -1.77. The Bertz CT molecular complexity index is 373. The normalized spacial score (nSPS) is 21.0. The molecule has 1 rings (SSSR count). The van der Waals surface area contributed by atoms with Crippen LogP contribution >= 0.6 is 0 Å². The number of hydrogen-bond donors (Lipinski definition) is 1. The van der Waals surface area contributed by atoms with E-state index in [4.69, 9.17) is 9.84 Å². The zero-order valence-corrected chi connectivity index (χ0v) is 13.9. The lowest BCUT2D eigenvalue weighted by Crippen LogP contribution is -2.31. The highest BCUT2D eigenvalue weighted by atomic mass is 16.5. The van der Waals surface area contributed by atoms with Crippen molar-refractivity contribution in [1.29, 1.82) is 0 Å². The van der Waals surface area contributed by atoms with Crippen LogP contribution in [0.5, 0.6) is 0 Å². The van der Waals surface area contributed by atoms with Crippen LogP contribution in [0.25, 0.3) is 0 Å². The number of carbonyl (C=O) groups is 2. The predicted molar refractivity (Wildman–Crippen MR) is 86.5 cm³/mol. The number of ether oxygens (including phenoxy) is 1. The van der Waals surface area contributed by atoms with E-state index in [0.717, 1.165) is 25.2 Å². The fraction of sp³-hybridized carbons (Fsp3) is 0.778. The van der Waals surface area contributed by atoms with E-state index in [0.29, 0.717) is 13.0 Å². The summed E-state index contributed by atoms with van der Waals surface area (Å²) in [7, 11) is 0. The van der Waals surface area contributed by atoms with Crippen molar-refractivity contribution in [3.8, 4) is 0 Å². The molecule has 4 nitrogen and oxygen atoms in total. The first-order valence-corrected chi connectivity index (χ1v) is 8.58. The molecule has 0 radical (unpaired) electrons. The van der Waals surface area contributed by atoms with E-state index in [-0.39, 0.29) is 5.97 Å². The van der Waals surface area contributed by atoms with Gasteiger partial charge in [0.15, 0.2) is 0 Å². The minimum Gasteiger partial charge on any atom is -0.481 e. The average Bonchev–Trinajstić information content (AvgIpc) is 2.49. The van der Waals surface area contributed by atoms with Crippen LogP contribution in [-0.4, -0.2) is 23.7 Å². The summed E-state index contributed by atoms with van der Waals surface area (Å²) >= 11 is 0. The molecular weight excluding hydrogens is 280 g/mol. The average molecular weight is 310 g/mol. The van der Waals surface area contributed by atoms with E-state index in [1.807, 2.05) is 6.08 Å². The van der Waals surface area contributed by atoms with Crippen molar-refractivity contribution >= 4 is 11.9 Å². The zero-order chi connectivity index (χ0) is 16.4. The smallest absolute Gasteiger partial charge is 0.313 e. The summed E-state index contributed by atoms with van der Waals surface area (Å²) in [6.07, 6.45) is 11.7. The molecule has 0 saturated carbocycles. The molecule has 2 unspecified atom stereocenters. The summed E-state index contributed by atoms with van der Waals surface area (Å²) in [6.45, 7) is 4.88. The highest BCUT2D eigenvalue weighted by molar-refractivity contribution is 5.83. The monoisotopic (exact) mass is 310 g/mol. The van der Waals surface area contributed by atoms with Gasteiger partial charge < -0.3 is 9.84 Å². The molecule has 0 spiro atoms. The second-order valence-corrected chi connectivity index (χ2v) is 6.59. The van der Waals surface area contributed by atoms with E-state index in [1.165, 1.54) is 25.7 Å². The second-order valence-electron chi connectivity index (χ2n) is 6.59. The number of hydrogen-bond acceptors (Lipinski definition) is 3. The number of carboxylic acids is 1. The van der Waals surface area contributed by atoms with Gasteiger partial charge in [-0.3, -0.25) is 9.59 Å². The van der Waals surface area contributed by atoms with E-state index < -0.39 is 17.8 Å². The van der Waals surface area contributed by atoms with Gasteiger partial charge in [0, 0.05) is 0 Å². The van der Waals surface area contributed by atoms with Gasteiger partial charge in [-0.05, 0) is 25.2 Å². The molecule has 0 aromatic carbocycles. The molecule has 0 aromatic heterocycles. The topological polar surface area (TPSA) is 63.6 Å². The van der Waals surface area contributed by atoms with Crippen LogP contribution in [0, 0.1) is 17.8 Å². The number of unbranched alkanes of at least 4 members (excludes halogenated alkanes) is 4. The summed E-state index contributed by atoms with van der Waals surface area (Å²) in [5.41, 5.74) is 0. The third-order valence-corrected chi connectivity index (χ3v) is 4.18. The third kappa shape index (κ3) is 7.10. The first kappa shape index (κ1) is 18.7. The Balaban J connectivity index is 2.13. The number of carboxylic acid groups (broad SMARTS) is 1. The number of esters is 1. The van der Waals surface area contributed by atoms with Crippen LogP contribution in [0.3, 0.4) is 0 Å². The van der Waals surface area contributed by atoms with Gasteiger partial charge in [-0.2, -0.15) is 0 Å². The molecule has 0 amide bonds. The number of carbonyl (C=O) groups excluding carboxylic acids is 1. The lowest BCUT2D eigenvalue weighted by molar-refractivity contribution is -0.156. The van der Waals surface area contributed by atoms with Crippen LogP contribution in [0.4, 0.5) is 0 Å². The molecular formula is C18H30O4. The van der Waals surface area contributed by atoms with E-state index >= 15 is 0 Å². The van der Waals surface area contributed by atoms with Gasteiger partial charge in [-0.15, -0.1) is 0 Å². The molecule has 1 N–H and O–H groups in total. The van der Waals surface area contributed by atoms with Crippen LogP contribution in [-0.2, 0) is 14.3 Å². The Hall–Kier alpha value is -1.32. The van der Waals surface area contributed by atoms with Crippen LogP contribution in [0.15, 0.2) is 12.2 Å². The Morgan fingerprint density at radius 1 is 1.18 bits per heavy atom. The lowest BCUT2D eigenvalue weighted by Gasteiger charge is -2.22. The molecule has 0 saturated heterocycles. The van der Waals surface area contributed by atoms with Gasteiger partial charge in [-0.25, -0.2) is 0 Å². The molecule has 1 aliphatic rings. The Morgan fingerprint density at radius 2 is 1.86 bits per heavy atom. The molecule has 0 heterocycles. The Morgan fingerprint density at radius 3 is 2.55 bits per heavy atom. The van der Waals surface area contributed by atoms with Crippen LogP contribution in [0.1, 0.15) is 65.2 Å². The lowest BCUT2D eigenvalue weighted by atomic mass is 9.84. The van der Waals surface area contributed by atoms with Crippen molar-refractivity contribution in [2.75, 3.05) is 6.61 Å². The molecule has 2 atom stereocenters. The zero-order valence-electron chi connectivity index (χ0n) is 13.9. The predicted octanol–water partition coefficient (Wildman–Crippen LogP) is 4.19. The molecule has 22 heavy (non-hydrogen) atoms. The van der Waals surface area contributed by atoms with Gasteiger partial charge in [0.05, 0.1) is 18.4 Å². The summed E-state index contributed by atoms with van der Waals surface area (Å²) in [5, 5.41) is 9.15. The van der Waals surface area contributed by atoms with Gasteiger partial charge in [0.2, 0.25) is 0 Å². The first-order chi connectivity index (χ1) is 10.5. The van der Waals surface area contributed by atoms with E-state index in [2.05, 4.69) is 13.8 Å². The molecule has 0 fully saturated rings. The fourth-order valence-electron chi connectivity index (χ4n) is 2.81. The second kappa shape index (κ2) is 10.4. The van der Waals surface area contributed by atoms with Crippen molar-refractivity contribution in [2.45, 2.75) is 65.2 Å². The van der Waals surface area contributed by atoms with Crippen molar-refractivity contribution < 1.29 is 19.4 Å². The maximum atomic E-state index is 12.0. The molecule has 0 aliphatic heterocycles. The fourth-order valence-corrected chi connectivity index (χ4v) is 2.81. The van der Waals surface area contributed by atoms with Gasteiger partial charge in [0.1, 0.15) is 0 Å². The van der Waals surface area contributed by atoms with Crippen LogP contribution < -0.4 is 0 Å². The Labute approximate surface area is 133 Å². The highest BCUT2D eigenvalue weighted by Crippen LogP contribution is 2.26. The van der Waals surface area contributed by atoms with Crippen molar-refractivity contribution in [1.82, 2.24) is 0 Å². The SMILES string of the molecule is CC(C)CCCCCCCOC(=O)C1C=CCCC1C(=O)O. The van der Waals surface area contributed by atoms with Gasteiger partial charge >= 0.3 is 11.9 Å². The Kier molecular flexibility index (Phi) is 8.86. The van der Waals surface area contributed by atoms with Crippen molar-refractivity contribution in [3.05, 3.63) is 12.2 Å².